The first-order chi connectivity index (χ1) is 8.35. The number of rotatable bonds is 5. The molecule has 0 spiro atoms. The minimum absolute atomic E-state index is 0.0781. The Kier molecular flexibility index (Phi) is 5.03. The summed E-state index contributed by atoms with van der Waals surface area (Å²) in [5.74, 6) is 0.197. The van der Waals surface area contributed by atoms with Gasteiger partial charge in [0, 0.05) is 23.9 Å². The molecule has 18 heavy (non-hydrogen) atoms. The lowest BCUT2D eigenvalue weighted by molar-refractivity contribution is -0.729. The zero-order chi connectivity index (χ0) is 13.8. The topological polar surface area (TPSA) is 39.8 Å². The molecule has 3 atom stereocenters. The van der Waals surface area contributed by atoms with E-state index < -0.39 is 0 Å². The minimum Gasteiger partial charge on any atom is -0.313 e. The average molecular weight is 248 g/mol. The standard InChI is InChI=1S/C15H26N3/c1-12(11-16)14(13(2)17-15(3,4)5)18-9-7-6-8-10-18/h6-14,16-17H,1-5H3/q+1. The largest absolute Gasteiger partial charge is 0.313 e. The number of pyridine rings is 1. The molecule has 0 aliphatic rings. The van der Waals surface area contributed by atoms with Gasteiger partial charge in [0.15, 0.2) is 18.4 Å². The van der Waals surface area contributed by atoms with Gasteiger partial charge < -0.3 is 10.7 Å². The molecule has 1 aromatic rings. The quantitative estimate of drug-likeness (QED) is 0.610. The van der Waals surface area contributed by atoms with E-state index in [1.807, 2.05) is 18.2 Å². The lowest BCUT2D eigenvalue weighted by Gasteiger charge is -2.30. The molecule has 2 N–H and O–H groups in total. The number of hydrogen-bond donors (Lipinski definition) is 2. The smallest absolute Gasteiger partial charge is 0.180 e. The van der Waals surface area contributed by atoms with Crippen molar-refractivity contribution in [1.82, 2.24) is 5.32 Å². The second-order valence-corrected chi connectivity index (χ2v) is 6.02. The van der Waals surface area contributed by atoms with Gasteiger partial charge in [-0.1, -0.05) is 13.0 Å². The molecule has 3 heteroatoms. The van der Waals surface area contributed by atoms with Crippen molar-refractivity contribution in [3.05, 3.63) is 30.6 Å². The predicted molar refractivity (Wildman–Crippen MR) is 76.0 cm³/mol. The Morgan fingerprint density at radius 1 is 1.11 bits per heavy atom. The van der Waals surface area contributed by atoms with Crippen LogP contribution in [-0.2, 0) is 0 Å². The molecule has 0 aliphatic heterocycles. The summed E-state index contributed by atoms with van der Waals surface area (Å²) in [4.78, 5) is 0. The van der Waals surface area contributed by atoms with Crippen LogP contribution in [0.15, 0.2) is 30.6 Å². The van der Waals surface area contributed by atoms with E-state index in [-0.39, 0.29) is 17.5 Å². The van der Waals surface area contributed by atoms with Crippen LogP contribution in [0.1, 0.15) is 40.7 Å². The number of nitrogens with zero attached hydrogens (tertiary/aromatic N) is 1. The summed E-state index contributed by atoms with van der Waals surface area (Å²) >= 11 is 0. The van der Waals surface area contributed by atoms with Gasteiger partial charge in [0.25, 0.3) is 0 Å². The summed E-state index contributed by atoms with van der Waals surface area (Å²) in [6.07, 6.45) is 5.68. The van der Waals surface area contributed by atoms with Crippen molar-refractivity contribution < 1.29 is 4.57 Å². The van der Waals surface area contributed by atoms with E-state index in [0.717, 1.165) is 0 Å². The maximum atomic E-state index is 7.55. The zero-order valence-corrected chi connectivity index (χ0v) is 12.1. The first-order valence-corrected chi connectivity index (χ1v) is 6.59. The third kappa shape index (κ3) is 4.22. The Hall–Kier alpha value is -1.22. The fourth-order valence-electron chi connectivity index (χ4n) is 2.46. The van der Waals surface area contributed by atoms with E-state index in [0.29, 0.717) is 6.04 Å². The van der Waals surface area contributed by atoms with Crippen LogP contribution in [-0.4, -0.2) is 17.8 Å². The summed E-state index contributed by atoms with van der Waals surface area (Å²) in [6, 6.07) is 6.64. The van der Waals surface area contributed by atoms with Crippen molar-refractivity contribution in [1.29, 1.82) is 5.41 Å². The van der Waals surface area contributed by atoms with E-state index in [2.05, 4.69) is 56.9 Å². The van der Waals surface area contributed by atoms with E-state index in [1.165, 1.54) is 6.21 Å². The molecule has 0 amide bonds. The van der Waals surface area contributed by atoms with Gasteiger partial charge in [-0.15, -0.1) is 0 Å². The number of nitrogens with one attached hydrogen (secondary N) is 2. The van der Waals surface area contributed by atoms with Crippen LogP contribution in [0, 0.1) is 11.3 Å². The Morgan fingerprint density at radius 2 is 1.67 bits per heavy atom. The van der Waals surface area contributed by atoms with Gasteiger partial charge in [0.1, 0.15) is 0 Å². The fraction of sp³-hybridized carbons (Fsp3) is 0.600. The Labute approximate surface area is 111 Å². The normalized spacial score (nSPS) is 16.9. The highest BCUT2D eigenvalue weighted by Gasteiger charge is 2.32. The molecule has 1 aromatic heterocycles. The molecule has 0 aromatic carbocycles. The van der Waals surface area contributed by atoms with Crippen LogP contribution < -0.4 is 9.88 Å². The van der Waals surface area contributed by atoms with Crippen LogP contribution in [0.3, 0.4) is 0 Å². The van der Waals surface area contributed by atoms with Gasteiger partial charge in [-0.2, -0.15) is 0 Å². The molecule has 0 bridgehead atoms. The lowest BCUT2D eigenvalue weighted by atomic mass is 9.94. The van der Waals surface area contributed by atoms with Crippen LogP contribution in [0.25, 0.3) is 0 Å². The third-order valence-corrected chi connectivity index (χ3v) is 3.06. The van der Waals surface area contributed by atoms with Gasteiger partial charge >= 0.3 is 0 Å². The highest BCUT2D eigenvalue weighted by atomic mass is 15.1. The number of hydrogen-bond acceptors (Lipinski definition) is 2. The second-order valence-electron chi connectivity index (χ2n) is 6.02. The monoisotopic (exact) mass is 248 g/mol. The van der Waals surface area contributed by atoms with Crippen molar-refractivity contribution in [2.75, 3.05) is 0 Å². The van der Waals surface area contributed by atoms with Crippen molar-refractivity contribution in [3.63, 3.8) is 0 Å². The molecule has 1 rings (SSSR count). The van der Waals surface area contributed by atoms with Gasteiger partial charge in [0.2, 0.25) is 0 Å². The maximum absolute atomic E-state index is 7.55. The fourth-order valence-corrected chi connectivity index (χ4v) is 2.46. The highest BCUT2D eigenvalue weighted by molar-refractivity contribution is 5.56. The molecular weight excluding hydrogens is 222 g/mol. The van der Waals surface area contributed by atoms with Crippen LogP contribution in [0.2, 0.25) is 0 Å². The molecule has 3 nitrogen and oxygen atoms in total. The van der Waals surface area contributed by atoms with Crippen LogP contribution >= 0.6 is 0 Å². The van der Waals surface area contributed by atoms with E-state index in [4.69, 9.17) is 5.41 Å². The molecule has 0 saturated carbocycles. The third-order valence-electron chi connectivity index (χ3n) is 3.06. The summed E-state index contributed by atoms with van der Waals surface area (Å²) in [5, 5.41) is 11.2. The van der Waals surface area contributed by atoms with E-state index in [1.54, 1.807) is 0 Å². The Balaban J connectivity index is 2.96. The summed E-state index contributed by atoms with van der Waals surface area (Å²) in [7, 11) is 0. The van der Waals surface area contributed by atoms with Gasteiger partial charge in [-0.25, -0.2) is 4.57 Å². The van der Waals surface area contributed by atoms with Gasteiger partial charge in [0.05, 0.1) is 12.0 Å². The van der Waals surface area contributed by atoms with Crippen molar-refractivity contribution in [3.8, 4) is 0 Å². The van der Waals surface area contributed by atoms with Crippen molar-refractivity contribution in [2.45, 2.75) is 52.2 Å². The zero-order valence-electron chi connectivity index (χ0n) is 12.1. The van der Waals surface area contributed by atoms with Gasteiger partial charge in [-0.3, -0.25) is 0 Å². The minimum atomic E-state index is 0.0781. The molecule has 0 radical (unpaired) electrons. The molecule has 0 aliphatic carbocycles. The van der Waals surface area contributed by atoms with Crippen LogP contribution in [0.4, 0.5) is 0 Å². The summed E-state index contributed by atoms with van der Waals surface area (Å²) in [6.45, 7) is 10.8. The highest BCUT2D eigenvalue weighted by Crippen LogP contribution is 2.16. The Morgan fingerprint density at radius 3 is 2.11 bits per heavy atom. The second kappa shape index (κ2) is 6.10. The summed E-state index contributed by atoms with van der Waals surface area (Å²) < 4.78 is 2.19. The lowest BCUT2D eigenvalue weighted by Crippen LogP contribution is -2.56. The van der Waals surface area contributed by atoms with Crippen molar-refractivity contribution >= 4 is 6.21 Å². The van der Waals surface area contributed by atoms with E-state index >= 15 is 0 Å². The van der Waals surface area contributed by atoms with Crippen LogP contribution in [0.5, 0.6) is 0 Å². The average Bonchev–Trinajstić information content (AvgIpc) is 2.28. The molecule has 1 heterocycles. The van der Waals surface area contributed by atoms with Crippen molar-refractivity contribution in [2.24, 2.45) is 5.92 Å². The maximum Gasteiger partial charge on any atom is 0.180 e. The molecule has 0 fully saturated rings. The molecule has 3 unspecified atom stereocenters. The van der Waals surface area contributed by atoms with E-state index in [9.17, 15) is 0 Å². The predicted octanol–water partition coefficient (Wildman–Crippen LogP) is 2.58. The molecular formula is C15H26N3+. The molecule has 100 valence electrons. The number of aromatic nitrogens is 1. The van der Waals surface area contributed by atoms with Gasteiger partial charge in [-0.05, 0) is 27.7 Å². The molecule has 0 saturated heterocycles. The SMILES string of the molecule is CC(C=N)C(C(C)NC(C)(C)C)[n+]1ccccc1. The summed E-state index contributed by atoms with van der Waals surface area (Å²) in [5.41, 5.74) is 0.0781. The first kappa shape index (κ1) is 14.8. The first-order valence-electron chi connectivity index (χ1n) is 6.59. The Bertz CT molecular complexity index is 367.